The van der Waals surface area contributed by atoms with Crippen molar-refractivity contribution in [2.75, 3.05) is 0 Å². The number of amides is 2. The lowest BCUT2D eigenvalue weighted by Gasteiger charge is -1.86. The quantitative estimate of drug-likeness (QED) is 0.361. The third-order valence-corrected chi connectivity index (χ3v) is 0.361. The van der Waals surface area contributed by atoms with Gasteiger partial charge in [0.05, 0.1) is 0 Å². The Hall–Kier alpha value is -0.570. The third-order valence-electron chi connectivity index (χ3n) is 0.201. The molecule has 0 aliphatic rings. The summed E-state index contributed by atoms with van der Waals surface area (Å²) in [6.45, 7) is 0. The van der Waals surface area contributed by atoms with Crippen LogP contribution in [0.1, 0.15) is 0 Å². The molecular weight excluding hydrogens is 105 g/mol. The molecule has 0 N–H and O–H groups in total. The van der Waals surface area contributed by atoms with E-state index in [4.69, 9.17) is 11.8 Å². The van der Waals surface area contributed by atoms with E-state index < -0.39 is 0 Å². The van der Waals surface area contributed by atoms with Crippen molar-refractivity contribution in [3.8, 4) is 0 Å². The van der Waals surface area contributed by atoms with E-state index in [-0.39, 0.29) is 12.8 Å². The van der Waals surface area contributed by atoms with Crippen LogP contribution in [0.2, 0.25) is 0 Å². The first-order valence-electron chi connectivity index (χ1n) is 1.16. The number of carbonyl (C=O) groups is 2. The van der Waals surface area contributed by atoms with Crippen molar-refractivity contribution >= 4 is 24.6 Å². The highest BCUT2D eigenvalue weighted by Crippen LogP contribution is 1.75. The van der Waals surface area contributed by atoms with Gasteiger partial charge in [0.2, 0.25) is 12.8 Å². The lowest BCUT2D eigenvalue weighted by molar-refractivity contribution is -0.123. The maximum atomic E-state index is 9.30. The fourth-order valence-electron chi connectivity index (χ4n) is 0.0248. The molecule has 0 saturated carbocycles. The van der Waals surface area contributed by atoms with Crippen LogP contribution in [0.15, 0.2) is 0 Å². The van der Waals surface area contributed by atoms with Gasteiger partial charge in [-0.3, -0.25) is 9.59 Å². The normalized spacial score (nSPS) is 6.83. The van der Waals surface area contributed by atoms with Crippen LogP contribution in [0.25, 0.3) is 0 Å². The molecule has 0 unspecified atom stereocenters. The zero-order chi connectivity index (χ0) is 4.99. The summed E-state index contributed by atoms with van der Waals surface area (Å²) in [5.41, 5.74) is 0. The molecular formula is C2H2ClNO2. The fraction of sp³-hybridized carbons (Fsp3) is 0. The standard InChI is InChI=1S/C2H2ClNO2/c3-4(1-5)2-6/h1-2H. The molecule has 34 valence electrons. The summed E-state index contributed by atoms with van der Waals surface area (Å²) in [5.74, 6) is 0. The number of imide groups is 1. The number of hydrogen-bond donors (Lipinski definition) is 0. The van der Waals surface area contributed by atoms with Crippen molar-refractivity contribution in [3.05, 3.63) is 0 Å². The Kier molecular flexibility index (Phi) is 2.40. The van der Waals surface area contributed by atoms with Crippen molar-refractivity contribution in [2.45, 2.75) is 0 Å². The van der Waals surface area contributed by atoms with Crippen LogP contribution in [0.3, 0.4) is 0 Å². The molecule has 4 heteroatoms. The average molecular weight is 107 g/mol. The van der Waals surface area contributed by atoms with E-state index in [1.807, 2.05) is 0 Å². The van der Waals surface area contributed by atoms with Crippen molar-refractivity contribution < 1.29 is 9.59 Å². The predicted octanol–water partition coefficient (Wildman–Crippen LogP) is -0.245. The monoisotopic (exact) mass is 107 g/mol. The Morgan fingerprint density at radius 1 is 1.33 bits per heavy atom. The van der Waals surface area contributed by atoms with Gasteiger partial charge in [0.25, 0.3) is 0 Å². The van der Waals surface area contributed by atoms with Crippen LogP contribution in [-0.2, 0) is 9.59 Å². The number of nitrogens with zero attached hydrogens (tertiary/aromatic N) is 1. The van der Waals surface area contributed by atoms with Gasteiger partial charge in [-0.05, 0) is 0 Å². The molecule has 0 bridgehead atoms. The summed E-state index contributed by atoms with van der Waals surface area (Å²) in [6, 6.07) is 0. The third kappa shape index (κ3) is 1.72. The molecule has 0 spiro atoms. The zero-order valence-electron chi connectivity index (χ0n) is 2.80. The Morgan fingerprint density at radius 2 is 1.67 bits per heavy atom. The molecule has 0 atom stereocenters. The minimum Gasteiger partial charge on any atom is -0.277 e. The summed E-state index contributed by atoms with van der Waals surface area (Å²) < 4.78 is 0.361. The topological polar surface area (TPSA) is 37.4 Å². The van der Waals surface area contributed by atoms with Gasteiger partial charge in [-0.25, -0.2) is 0 Å². The molecule has 0 aromatic heterocycles. The largest absolute Gasteiger partial charge is 0.277 e. The Labute approximate surface area is 39.6 Å². The van der Waals surface area contributed by atoms with Crippen molar-refractivity contribution in [2.24, 2.45) is 0 Å². The zero-order valence-corrected chi connectivity index (χ0v) is 3.55. The molecule has 0 aromatic rings. The summed E-state index contributed by atoms with van der Waals surface area (Å²) in [7, 11) is 0. The van der Waals surface area contributed by atoms with Gasteiger partial charge in [0, 0.05) is 11.8 Å². The first kappa shape index (κ1) is 5.43. The van der Waals surface area contributed by atoms with E-state index in [2.05, 4.69) is 0 Å². The van der Waals surface area contributed by atoms with Gasteiger partial charge in [-0.15, -0.1) is 0 Å². The van der Waals surface area contributed by atoms with Crippen molar-refractivity contribution in [1.29, 1.82) is 0 Å². The molecule has 6 heavy (non-hydrogen) atoms. The summed E-state index contributed by atoms with van der Waals surface area (Å²) >= 11 is 4.75. The van der Waals surface area contributed by atoms with Crippen LogP contribution >= 0.6 is 11.8 Å². The second kappa shape index (κ2) is 2.66. The molecule has 0 aromatic carbocycles. The predicted molar refractivity (Wildman–Crippen MR) is 19.8 cm³/mol. The summed E-state index contributed by atoms with van der Waals surface area (Å²) in [5, 5.41) is 0. The van der Waals surface area contributed by atoms with Crippen molar-refractivity contribution in [3.63, 3.8) is 0 Å². The first-order valence-corrected chi connectivity index (χ1v) is 1.49. The lowest BCUT2D eigenvalue weighted by Crippen LogP contribution is -2.03. The van der Waals surface area contributed by atoms with Gasteiger partial charge in [-0.2, -0.15) is 4.42 Å². The highest BCUT2D eigenvalue weighted by atomic mass is 35.5. The Bertz CT molecular complexity index is 56.6. The Morgan fingerprint density at radius 3 is 1.67 bits per heavy atom. The van der Waals surface area contributed by atoms with Crippen LogP contribution in [-0.4, -0.2) is 17.2 Å². The lowest BCUT2D eigenvalue weighted by atomic mass is 11.2. The highest BCUT2D eigenvalue weighted by Gasteiger charge is 1.83. The van der Waals surface area contributed by atoms with Crippen LogP contribution < -0.4 is 0 Å². The molecule has 0 aliphatic carbocycles. The van der Waals surface area contributed by atoms with E-state index >= 15 is 0 Å². The Balaban J connectivity index is 3.21. The minimum absolute atomic E-state index is 0.203. The maximum absolute atomic E-state index is 9.30. The number of rotatable bonds is 2. The second-order valence-corrected chi connectivity index (χ2v) is 0.945. The molecule has 3 nitrogen and oxygen atoms in total. The van der Waals surface area contributed by atoms with E-state index in [9.17, 15) is 9.59 Å². The van der Waals surface area contributed by atoms with Gasteiger partial charge >= 0.3 is 0 Å². The van der Waals surface area contributed by atoms with E-state index in [0.29, 0.717) is 4.42 Å². The molecule has 0 rings (SSSR count). The van der Waals surface area contributed by atoms with Gasteiger partial charge in [0.1, 0.15) is 0 Å². The van der Waals surface area contributed by atoms with E-state index in [1.165, 1.54) is 0 Å². The second-order valence-electron chi connectivity index (χ2n) is 0.555. The van der Waals surface area contributed by atoms with Gasteiger partial charge < -0.3 is 0 Å². The average Bonchev–Trinajstić information content (AvgIpc) is 1.65. The molecule has 0 radical (unpaired) electrons. The first-order chi connectivity index (χ1) is 2.81. The van der Waals surface area contributed by atoms with Gasteiger partial charge in [-0.1, -0.05) is 0 Å². The van der Waals surface area contributed by atoms with Gasteiger partial charge in [0.15, 0.2) is 0 Å². The molecule has 0 aliphatic heterocycles. The smallest absolute Gasteiger partial charge is 0.230 e. The van der Waals surface area contributed by atoms with E-state index in [1.54, 1.807) is 0 Å². The number of hydrogen-bond acceptors (Lipinski definition) is 2. The van der Waals surface area contributed by atoms with Crippen LogP contribution in [0.4, 0.5) is 0 Å². The molecule has 0 heterocycles. The maximum Gasteiger partial charge on any atom is 0.230 e. The fourth-order valence-corrected chi connectivity index (χ4v) is 0.0248. The summed E-state index contributed by atoms with van der Waals surface area (Å²) in [4.78, 5) is 18.6. The number of carbonyl (C=O) groups excluding carboxylic acids is 2. The number of halogens is 1. The van der Waals surface area contributed by atoms with Crippen LogP contribution in [0, 0.1) is 0 Å². The molecule has 0 saturated heterocycles. The van der Waals surface area contributed by atoms with Crippen molar-refractivity contribution in [1.82, 2.24) is 4.42 Å². The summed E-state index contributed by atoms with van der Waals surface area (Å²) in [6.07, 6.45) is 0.406. The van der Waals surface area contributed by atoms with Crippen LogP contribution in [0.5, 0.6) is 0 Å². The highest BCUT2D eigenvalue weighted by molar-refractivity contribution is 6.23. The van der Waals surface area contributed by atoms with E-state index in [0.717, 1.165) is 0 Å². The molecule has 0 fully saturated rings. The molecule has 2 amide bonds. The SMILES string of the molecule is O=CN(Cl)C=O. The minimum atomic E-state index is 0.203.